The van der Waals surface area contributed by atoms with Crippen LogP contribution in [0.4, 0.5) is 0 Å². The molecule has 0 aromatic carbocycles. The molecule has 0 aromatic rings. The second-order valence-corrected chi connectivity index (χ2v) is 6.10. The fourth-order valence-corrected chi connectivity index (χ4v) is 3.07. The molecule has 0 saturated carbocycles. The molecule has 19 heavy (non-hydrogen) atoms. The third-order valence-electron chi connectivity index (χ3n) is 4.31. The third-order valence-corrected chi connectivity index (χ3v) is 4.31. The highest BCUT2D eigenvalue weighted by atomic mass is 16.2. The molecule has 3 atom stereocenters. The molecule has 1 rings (SSSR count). The summed E-state index contributed by atoms with van der Waals surface area (Å²) in [5.41, 5.74) is 0. The second-order valence-electron chi connectivity index (χ2n) is 6.10. The van der Waals surface area contributed by atoms with Crippen LogP contribution in [0.1, 0.15) is 72.1 Å². The summed E-state index contributed by atoms with van der Waals surface area (Å²) in [4.78, 5) is 23.1. The van der Waals surface area contributed by atoms with E-state index < -0.39 is 0 Å². The molecule has 2 amide bonds. The normalized spacial score (nSPS) is 22.4. The maximum Gasteiger partial charge on any atom is 0.230 e. The maximum atomic E-state index is 11.8. The molecule has 1 aliphatic heterocycles. The van der Waals surface area contributed by atoms with Crippen molar-refractivity contribution in [1.29, 1.82) is 0 Å². The highest BCUT2D eigenvalue weighted by molar-refractivity contribution is 6.03. The van der Waals surface area contributed by atoms with Crippen LogP contribution in [0.3, 0.4) is 0 Å². The van der Waals surface area contributed by atoms with Gasteiger partial charge in [-0.15, -0.1) is 0 Å². The number of rotatable bonds is 9. The fraction of sp³-hybridized carbons (Fsp3) is 0.875. The van der Waals surface area contributed by atoms with Gasteiger partial charge in [-0.2, -0.15) is 0 Å². The Morgan fingerprint density at radius 3 is 2.37 bits per heavy atom. The van der Waals surface area contributed by atoms with Crippen LogP contribution in [0, 0.1) is 17.8 Å². The highest BCUT2D eigenvalue weighted by Crippen LogP contribution is 2.31. The van der Waals surface area contributed by atoms with Crippen LogP contribution in [0.2, 0.25) is 0 Å². The van der Waals surface area contributed by atoms with E-state index in [4.69, 9.17) is 0 Å². The number of hydrogen-bond acceptors (Lipinski definition) is 2. The maximum absolute atomic E-state index is 11.8. The van der Waals surface area contributed by atoms with Crippen LogP contribution in [-0.2, 0) is 9.59 Å². The molecule has 0 aromatic heterocycles. The molecule has 1 N–H and O–H groups in total. The van der Waals surface area contributed by atoms with E-state index in [2.05, 4.69) is 26.1 Å². The molecule has 1 heterocycles. The summed E-state index contributed by atoms with van der Waals surface area (Å²) in [6.45, 7) is 6.68. The van der Waals surface area contributed by atoms with E-state index in [0.717, 1.165) is 25.2 Å². The summed E-state index contributed by atoms with van der Waals surface area (Å²) < 4.78 is 0. The van der Waals surface area contributed by atoms with E-state index >= 15 is 0 Å². The van der Waals surface area contributed by atoms with E-state index in [1.54, 1.807) is 0 Å². The first-order valence-electron chi connectivity index (χ1n) is 7.92. The molecular formula is C16H29NO2. The zero-order valence-electron chi connectivity index (χ0n) is 12.7. The first kappa shape index (κ1) is 16.2. The van der Waals surface area contributed by atoms with Crippen molar-refractivity contribution in [3.05, 3.63) is 0 Å². The first-order valence-corrected chi connectivity index (χ1v) is 7.92. The monoisotopic (exact) mass is 267 g/mol. The van der Waals surface area contributed by atoms with E-state index in [9.17, 15) is 9.59 Å². The summed E-state index contributed by atoms with van der Waals surface area (Å²) in [6.07, 6.45) is 8.66. The minimum absolute atomic E-state index is 0.0374. The smallest absolute Gasteiger partial charge is 0.230 e. The van der Waals surface area contributed by atoms with Crippen LogP contribution in [0.5, 0.6) is 0 Å². The molecule has 1 fully saturated rings. The Hall–Kier alpha value is -0.860. The zero-order chi connectivity index (χ0) is 14.3. The van der Waals surface area contributed by atoms with Crippen molar-refractivity contribution in [2.45, 2.75) is 72.1 Å². The quantitative estimate of drug-likeness (QED) is 0.648. The van der Waals surface area contributed by atoms with Crippen LogP contribution >= 0.6 is 0 Å². The molecule has 0 radical (unpaired) electrons. The van der Waals surface area contributed by atoms with E-state index in [1.165, 1.54) is 25.7 Å². The van der Waals surface area contributed by atoms with Gasteiger partial charge in [-0.05, 0) is 24.7 Å². The van der Waals surface area contributed by atoms with Crippen LogP contribution in [0.25, 0.3) is 0 Å². The fourth-order valence-electron chi connectivity index (χ4n) is 3.07. The zero-order valence-corrected chi connectivity index (χ0v) is 12.7. The Bertz CT molecular complexity index is 301. The van der Waals surface area contributed by atoms with Crippen molar-refractivity contribution in [3.63, 3.8) is 0 Å². The van der Waals surface area contributed by atoms with Crippen LogP contribution < -0.4 is 5.32 Å². The van der Waals surface area contributed by atoms with E-state index in [-0.39, 0.29) is 17.7 Å². The lowest BCUT2D eigenvalue weighted by atomic mass is 9.81. The summed E-state index contributed by atoms with van der Waals surface area (Å²) in [5, 5.41) is 2.45. The molecule has 0 bridgehead atoms. The van der Waals surface area contributed by atoms with Gasteiger partial charge < -0.3 is 0 Å². The van der Waals surface area contributed by atoms with E-state index in [1.807, 2.05) is 0 Å². The Labute approximate surface area is 117 Å². The van der Waals surface area contributed by atoms with Gasteiger partial charge in [0.1, 0.15) is 0 Å². The van der Waals surface area contributed by atoms with Gasteiger partial charge in [0.25, 0.3) is 0 Å². The van der Waals surface area contributed by atoms with Gasteiger partial charge in [0.2, 0.25) is 11.8 Å². The molecule has 1 saturated heterocycles. The average molecular weight is 267 g/mol. The van der Waals surface area contributed by atoms with Gasteiger partial charge in [0, 0.05) is 12.3 Å². The summed E-state index contributed by atoms with van der Waals surface area (Å²) in [5.74, 6) is 0.936. The summed E-state index contributed by atoms with van der Waals surface area (Å²) in [7, 11) is 0. The molecule has 3 nitrogen and oxygen atoms in total. The lowest BCUT2D eigenvalue weighted by Gasteiger charge is -2.22. The van der Waals surface area contributed by atoms with Crippen LogP contribution in [0.15, 0.2) is 0 Å². The van der Waals surface area contributed by atoms with Gasteiger partial charge >= 0.3 is 0 Å². The third kappa shape index (κ3) is 5.33. The lowest BCUT2D eigenvalue weighted by Crippen LogP contribution is -2.26. The number of imide groups is 1. The number of carbonyl (C=O) groups excluding carboxylic acids is 2. The molecule has 1 aliphatic rings. The SMILES string of the molecule is CCCC[C@@H](C)CCC(CCC)C1CC(=O)NC1=O. The molecule has 3 heteroatoms. The van der Waals surface area contributed by atoms with Crippen LogP contribution in [-0.4, -0.2) is 11.8 Å². The molecule has 2 unspecified atom stereocenters. The van der Waals surface area contributed by atoms with Crippen molar-refractivity contribution in [2.24, 2.45) is 17.8 Å². The number of amides is 2. The van der Waals surface area contributed by atoms with Crippen molar-refractivity contribution in [1.82, 2.24) is 5.32 Å². The first-order chi connectivity index (χ1) is 9.08. The lowest BCUT2D eigenvalue weighted by molar-refractivity contribution is -0.126. The minimum atomic E-state index is -0.0878. The van der Waals surface area contributed by atoms with E-state index in [0.29, 0.717) is 12.3 Å². The standard InChI is InChI=1S/C16H29NO2/c1-4-6-8-12(3)9-10-13(7-5-2)14-11-15(18)17-16(14)19/h12-14H,4-11H2,1-3H3,(H,17,18,19)/t12-,13?,14?/m1/s1. The predicted molar refractivity (Wildman–Crippen MR) is 77.6 cm³/mol. The van der Waals surface area contributed by atoms with Crippen molar-refractivity contribution in [3.8, 4) is 0 Å². The van der Waals surface area contributed by atoms with Crippen molar-refractivity contribution >= 4 is 11.8 Å². The van der Waals surface area contributed by atoms with Gasteiger partial charge in [0.05, 0.1) is 0 Å². The summed E-state index contributed by atoms with van der Waals surface area (Å²) in [6, 6.07) is 0. The number of unbranched alkanes of at least 4 members (excludes halogenated alkanes) is 1. The Morgan fingerprint density at radius 1 is 1.11 bits per heavy atom. The molecule has 0 aliphatic carbocycles. The largest absolute Gasteiger partial charge is 0.296 e. The van der Waals surface area contributed by atoms with Gasteiger partial charge in [-0.3, -0.25) is 14.9 Å². The Balaban J connectivity index is 2.44. The van der Waals surface area contributed by atoms with Crippen molar-refractivity contribution in [2.75, 3.05) is 0 Å². The Morgan fingerprint density at radius 2 is 1.84 bits per heavy atom. The second kappa shape index (κ2) is 8.34. The van der Waals surface area contributed by atoms with Crippen molar-refractivity contribution < 1.29 is 9.59 Å². The van der Waals surface area contributed by atoms with Gasteiger partial charge in [-0.25, -0.2) is 0 Å². The average Bonchev–Trinajstić information content (AvgIpc) is 2.71. The molecule has 0 spiro atoms. The number of hydrogen-bond donors (Lipinski definition) is 1. The molecular weight excluding hydrogens is 238 g/mol. The van der Waals surface area contributed by atoms with Gasteiger partial charge in [0.15, 0.2) is 0 Å². The topological polar surface area (TPSA) is 46.2 Å². The minimum Gasteiger partial charge on any atom is -0.296 e. The highest BCUT2D eigenvalue weighted by Gasteiger charge is 2.36. The number of nitrogens with one attached hydrogen (secondary N) is 1. The predicted octanol–water partition coefficient (Wildman–Crippen LogP) is 3.67. The molecule has 110 valence electrons. The Kier molecular flexibility index (Phi) is 7.11. The summed E-state index contributed by atoms with van der Waals surface area (Å²) >= 11 is 0. The van der Waals surface area contributed by atoms with Gasteiger partial charge in [-0.1, -0.05) is 52.9 Å². The number of carbonyl (C=O) groups is 2.